The minimum absolute atomic E-state index is 0.116. The molecule has 0 saturated heterocycles. The lowest BCUT2D eigenvalue weighted by atomic mass is 10.1. The van der Waals surface area contributed by atoms with Crippen LogP contribution in [0, 0.1) is 5.92 Å². The van der Waals surface area contributed by atoms with Crippen molar-refractivity contribution in [3.8, 4) is 0 Å². The molecule has 0 radical (unpaired) electrons. The average Bonchev–Trinajstić information content (AvgIpc) is 2.42. The molecular weight excluding hydrogens is 256 g/mol. The van der Waals surface area contributed by atoms with Crippen LogP contribution in [-0.4, -0.2) is 37.6 Å². The van der Waals surface area contributed by atoms with E-state index in [9.17, 15) is 9.59 Å². The molecule has 1 aromatic rings. The fourth-order valence-electron chi connectivity index (χ4n) is 1.66. The van der Waals surface area contributed by atoms with Crippen LogP contribution < -0.4 is 10.2 Å². The van der Waals surface area contributed by atoms with Gasteiger partial charge < -0.3 is 15.3 Å². The SMILES string of the molecule is CC(CNC(=O)CCc1ccc(N(C)C)cc1)C(=O)O. The first-order chi connectivity index (χ1) is 9.40. The van der Waals surface area contributed by atoms with E-state index >= 15 is 0 Å². The molecule has 0 aliphatic rings. The summed E-state index contributed by atoms with van der Waals surface area (Å²) in [6.07, 6.45) is 1.02. The Morgan fingerprint density at radius 2 is 1.85 bits per heavy atom. The van der Waals surface area contributed by atoms with Crippen molar-refractivity contribution < 1.29 is 14.7 Å². The second-order valence-corrected chi connectivity index (χ2v) is 5.10. The second kappa shape index (κ2) is 7.53. The van der Waals surface area contributed by atoms with Crippen molar-refractivity contribution in [3.63, 3.8) is 0 Å². The number of hydrogen-bond acceptors (Lipinski definition) is 3. The van der Waals surface area contributed by atoms with E-state index in [-0.39, 0.29) is 12.5 Å². The number of hydrogen-bond donors (Lipinski definition) is 2. The maximum Gasteiger partial charge on any atom is 0.308 e. The lowest BCUT2D eigenvalue weighted by Gasteiger charge is -2.12. The van der Waals surface area contributed by atoms with Crippen molar-refractivity contribution in [2.24, 2.45) is 5.92 Å². The highest BCUT2D eigenvalue weighted by atomic mass is 16.4. The van der Waals surface area contributed by atoms with Crippen LogP contribution in [0.15, 0.2) is 24.3 Å². The lowest BCUT2D eigenvalue weighted by Crippen LogP contribution is -2.31. The van der Waals surface area contributed by atoms with Crippen LogP contribution in [0.25, 0.3) is 0 Å². The number of carbonyl (C=O) groups excluding carboxylic acids is 1. The van der Waals surface area contributed by atoms with Crippen LogP contribution in [-0.2, 0) is 16.0 Å². The van der Waals surface area contributed by atoms with Crippen LogP contribution in [0.3, 0.4) is 0 Å². The molecule has 0 aliphatic carbocycles. The van der Waals surface area contributed by atoms with E-state index in [4.69, 9.17) is 5.11 Å². The average molecular weight is 278 g/mol. The molecule has 0 fully saturated rings. The van der Waals surface area contributed by atoms with E-state index < -0.39 is 11.9 Å². The summed E-state index contributed by atoms with van der Waals surface area (Å²) in [5.74, 6) is -1.57. The van der Waals surface area contributed by atoms with Crippen molar-refractivity contribution in [1.29, 1.82) is 0 Å². The van der Waals surface area contributed by atoms with Gasteiger partial charge in [0.2, 0.25) is 5.91 Å². The van der Waals surface area contributed by atoms with Gasteiger partial charge in [-0.15, -0.1) is 0 Å². The van der Waals surface area contributed by atoms with Crippen molar-refractivity contribution in [3.05, 3.63) is 29.8 Å². The smallest absolute Gasteiger partial charge is 0.308 e. The van der Waals surface area contributed by atoms with Crippen molar-refractivity contribution >= 4 is 17.6 Å². The lowest BCUT2D eigenvalue weighted by molar-refractivity contribution is -0.141. The predicted molar refractivity (Wildman–Crippen MR) is 78.9 cm³/mol. The molecule has 20 heavy (non-hydrogen) atoms. The molecule has 5 heteroatoms. The van der Waals surface area contributed by atoms with Gasteiger partial charge in [-0.3, -0.25) is 9.59 Å². The van der Waals surface area contributed by atoms with Gasteiger partial charge in [-0.1, -0.05) is 19.1 Å². The Balaban J connectivity index is 2.35. The number of nitrogens with zero attached hydrogens (tertiary/aromatic N) is 1. The number of rotatable bonds is 7. The third-order valence-electron chi connectivity index (χ3n) is 3.12. The standard InChI is InChI=1S/C15H22N2O3/c1-11(15(19)20)10-16-14(18)9-6-12-4-7-13(8-5-12)17(2)3/h4-5,7-8,11H,6,9-10H2,1-3H3,(H,16,18)(H,19,20). The minimum Gasteiger partial charge on any atom is -0.481 e. The molecule has 0 saturated carbocycles. The normalized spacial score (nSPS) is 11.8. The van der Waals surface area contributed by atoms with Gasteiger partial charge in [0, 0.05) is 32.7 Å². The number of aryl methyl sites for hydroxylation is 1. The summed E-state index contributed by atoms with van der Waals surface area (Å²) in [7, 11) is 3.96. The summed E-state index contributed by atoms with van der Waals surface area (Å²) in [5, 5.41) is 11.4. The molecule has 0 spiro atoms. The first-order valence-electron chi connectivity index (χ1n) is 6.66. The van der Waals surface area contributed by atoms with Crippen LogP contribution in [0.4, 0.5) is 5.69 Å². The molecule has 0 aliphatic heterocycles. The fraction of sp³-hybridized carbons (Fsp3) is 0.467. The Bertz CT molecular complexity index is 455. The Hall–Kier alpha value is -2.04. The molecule has 5 nitrogen and oxygen atoms in total. The summed E-state index contributed by atoms with van der Waals surface area (Å²) < 4.78 is 0. The van der Waals surface area contributed by atoms with Gasteiger partial charge in [0.15, 0.2) is 0 Å². The van der Waals surface area contributed by atoms with Gasteiger partial charge in [0.1, 0.15) is 0 Å². The summed E-state index contributed by atoms with van der Waals surface area (Å²) in [6, 6.07) is 8.03. The molecule has 0 aromatic heterocycles. The second-order valence-electron chi connectivity index (χ2n) is 5.10. The highest BCUT2D eigenvalue weighted by Gasteiger charge is 2.11. The molecule has 0 bridgehead atoms. The highest BCUT2D eigenvalue weighted by Crippen LogP contribution is 2.13. The first-order valence-corrected chi connectivity index (χ1v) is 6.66. The van der Waals surface area contributed by atoms with Crippen LogP contribution in [0.1, 0.15) is 18.9 Å². The number of aliphatic carboxylic acids is 1. The minimum atomic E-state index is -0.899. The molecule has 1 unspecified atom stereocenters. The largest absolute Gasteiger partial charge is 0.481 e. The van der Waals surface area contributed by atoms with Gasteiger partial charge in [-0.25, -0.2) is 0 Å². The van der Waals surface area contributed by atoms with Gasteiger partial charge in [-0.05, 0) is 24.1 Å². The number of nitrogens with one attached hydrogen (secondary N) is 1. The zero-order valence-electron chi connectivity index (χ0n) is 12.2. The molecule has 1 rings (SSSR count). The van der Waals surface area contributed by atoms with Gasteiger partial charge in [-0.2, -0.15) is 0 Å². The third kappa shape index (κ3) is 5.30. The van der Waals surface area contributed by atoms with E-state index in [1.807, 2.05) is 43.3 Å². The molecule has 0 heterocycles. The number of carboxylic acids is 1. The monoisotopic (exact) mass is 278 g/mol. The Labute approximate surface area is 119 Å². The number of carboxylic acid groups (broad SMARTS) is 1. The summed E-state index contributed by atoms with van der Waals surface area (Å²) in [6.45, 7) is 1.75. The van der Waals surface area contributed by atoms with E-state index in [0.717, 1.165) is 11.3 Å². The van der Waals surface area contributed by atoms with E-state index in [1.165, 1.54) is 0 Å². The molecule has 2 N–H and O–H groups in total. The Morgan fingerprint density at radius 3 is 2.35 bits per heavy atom. The van der Waals surface area contributed by atoms with E-state index in [2.05, 4.69) is 5.32 Å². The van der Waals surface area contributed by atoms with Crippen LogP contribution in [0.5, 0.6) is 0 Å². The molecule has 1 atom stereocenters. The maximum atomic E-state index is 11.6. The van der Waals surface area contributed by atoms with Gasteiger partial charge in [0.05, 0.1) is 5.92 Å². The topological polar surface area (TPSA) is 69.6 Å². The number of anilines is 1. The third-order valence-corrected chi connectivity index (χ3v) is 3.12. The molecule has 1 amide bonds. The predicted octanol–water partition coefficient (Wildman–Crippen LogP) is 1.52. The fourth-order valence-corrected chi connectivity index (χ4v) is 1.66. The highest BCUT2D eigenvalue weighted by molar-refractivity contribution is 5.77. The molecule has 110 valence electrons. The number of carbonyl (C=O) groups is 2. The number of benzene rings is 1. The summed E-state index contributed by atoms with van der Waals surface area (Å²) in [4.78, 5) is 24.2. The van der Waals surface area contributed by atoms with Crippen molar-refractivity contribution in [2.75, 3.05) is 25.5 Å². The molecule has 1 aromatic carbocycles. The zero-order valence-corrected chi connectivity index (χ0v) is 12.2. The van der Waals surface area contributed by atoms with Crippen molar-refractivity contribution in [2.45, 2.75) is 19.8 Å². The molecular formula is C15H22N2O3. The maximum absolute atomic E-state index is 11.6. The number of amides is 1. The van der Waals surface area contributed by atoms with E-state index in [0.29, 0.717) is 12.8 Å². The zero-order chi connectivity index (χ0) is 15.1. The Kier molecular flexibility index (Phi) is 6.03. The summed E-state index contributed by atoms with van der Waals surface area (Å²) >= 11 is 0. The van der Waals surface area contributed by atoms with Crippen molar-refractivity contribution in [1.82, 2.24) is 5.32 Å². The van der Waals surface area contributed by atoms with Crippen LogP contribution >= 0.6 is 0 Å². The van der Waals surface area contributed by atoms with Gasteiger partial charge >= 0.3 is 5.97 Å². The van der Waals surface area contributed by atoms with Crippen LogP contribution in [0.2, 0.25) is 0 Å². The van der Waals surface area contributed by atoms with E-state index in [1.54, 1.807) is 6.92 Å². The summed E-state index contributed by atoms with van der Waals surface area (Å²) in [5.41, 5.74) is 2.21. The quantitative estimate of drug-likeness (QED) is 0.793. The van der Waals surface area contributed by atoms with Gasteiger partial charge in [0.25, 0.3) is 0 Å². The first kappa shape index (κ1) is 16.0. The Morgan fingerprint density at radius 1 is 1.25 bits per heavy atom.